The van der Waals surface area contributed by atoms with Gasteiger partial charge in [0.15, 0.2) is 0 Å². The molecule has 0 aliphatic carbocycles. The number of anilines is 2. The summed E-state index contributed by atoms with van der Waals surface area (Å²) in [7, 11) is 3.05. The number of para-hydroxylation sites is 1. The third-order valence-electron chi connectivity index (χ3n) is 4.91. The molecule has 160 valence electrons. The lowest BCUT2D eigenvalue weighted by Gasteiger charge is -2.25. The molecular formula is C22H27N3O5. The van der Waals surface area contributed by atoms with Crippen molar-refractivity contribution >= 4 is 23.3 Å². The van der Waals surface area contributed by atoms with Gasteiger partial charge in [-0.3, -0.25) is 4.79 Å². The molecule has 8 nitrogen and oxygen atoms in total. The molecule has 1 atom stereocenters. The highest BCUT2D eigenvalue weighted by atomic mass is 16.5. The molecular weight excluding hydrogens is 386 g/mol. The Morgan fingerprint density at radius 2 is 1.70 bits per heavy atom. The predicted octanol–water partition coefficient (Wildman–Crippen LogP) is 3.74. The highest BCUT2D eigenvalue weighted by Crippen LogP contribution is 2.35. The van der Waals surface area contributed by atoms with Gasteiger partial charge in [0.2, 0.25) is 5.91 Å². The largest absolute Gasteiger partial charge is 0.494 e. The first-order chi connectivity index (χ1) is 14.6. The van der Waals surface area contributed by atoms with E-state index in [-0.39, 0.29) is 11.9 Å². The maximum Gasteiger partial charge on any atom is 0.322 e. The van der Waals surface area contributed by atoms with E-state index in [0.717, 1.165) is 12.2 Å². The molecule has 1 aliphatic rings. The molecule has 0 bridgehead atoms. The summed E-state index contributed by atoms with van der Waals surface area (Å²) < 4.78 is 16.1. The lowest BCUT2D eigenvalue weighted by molar-refractivity contribution is -0.119. The van der Waals surface area contributed by atoms with Crippen molar-refractivity contribution < 1.29 is 23.8 Å². The van der Waals surface area contributed by atoms with Crippen LogP contribution in [0.3, 0.4) is 0 Å². The lowest BCUT2D eigenvalue weighted by atomic mass is 10.2. The molecule has 8 heteroatoms. The number of urea groups is 1. The Bertz CT molecular complexity index is 863. The average molecular weight is 413 g/mol. The van der Waals surface area contributed by atoms with Crippen LogP contribution >= 0.6 is 0 Å². The van der Waals surface area contributed by atoms with Crippen LogP contribution in [0, 0.1) is 0 Å². The van der Waals surface area contributed by atoms with Gasteiger partial charge in [0.25, 0.3) is 0 Å². The van der Waals surface area contributed by atoms with E-state index < -0.39 is 6.04 Å². The zero-order valence-corrected chi connectivity index (χ0v) is 17.4. The number of rotatable bonds is 7. The maximum atomic E-state index is 13.0. The summed E-state index contributed by atoms with van der Waals surface area (Å²) in [5, 5.41) is 5.72. The minimum atomic E-state index is -0.581. The van der Waals surface area contributed by atoms with Crippen molar-refractivity contribution in [1.82, 2.24) is 4.90 Å². The first-order valence-corrected chi connectivity index (χ1v) is 9.89. The number of ether oxygens (including phenoxy) is 3. The first-order valence-electron chi connectivity index (χ1n) is 9.89. The second-order valence-corrected chi connectivity index (χ2v) is 6.77. The van der Waals surface area contributed by atoms with Crippen molar-refractivity contribution in [3.63, 3.8) is 0 Å². The molecule has 0 aromatic heterocycles. The predicted molar refractivity (Wildman–Crippen MR) is 115 cm³/mol. The SMILES string of the molecule is CCOc1ccc(NC(=O)N2CCCC2C(=O)Nc2c(OC)cccc2OC)cc1. The molecule has 1 aliphatic heterocycles. The van der Waals surface area contributed by atoms with Crippen LogP contribution in [-0.4, -0.2) is 50.3 Å². The summed E-state index contributed by atoms with van der Waals surface area (Å²) in [6.07, 6.45) is 1.33. The molecule has 1 saturated heterocycles. The Hall–Kier alpha value is -3.42. The van der Waals surface area contributed by atoms with Crippen LogP contribution in [0.15, 0.2) is 42.5 Å². The Labute approximate surface area is 176 Å². The lowest BCUT2D eigenvalue weighted by Crippen LogP contribution is -2.45. The second-order valence-electron chi connectivity index (χ2n) is 6.77. The van der Waals surface area contributed by atoms with Gasteiger partial charge in [0.1, 0.15) is 29.0 Å². The summed E-state index contributed by atoms with van der Waals surface area (Å²) in [6, 6.07) is 11.5. The van der Waals surface area contributed by atoms with Crippen LogP contribution in [0.4, 0.5) is 16.2 Å². The number of methoxy groups -OCH3 is 2. The third kappa shape index (κ3) is 4.76. The van der Waals surface area contributed by atoms with E-state index >= 15 is 0 Å². The Balaban J connectivity index is 1.69. The minimum Gasteiger partial charge on any atom is -0.494 e. The Morgan fingerprint density at radius 3 is 2.30 bits per heavy atom. The van der Waals surface area contributed by atoms with E-state index in [1.807, 2.05) is 6.92 Å². The zero-order valence-electron chi connectivity index (χ0n) is 17.4. The number of amides is 3. The van der Waals surface area contributed by atoms with Gasteiger partial charge in [-0.05, 0) is 56.2 Å². The van der Waals surface area contributed by atoms with Crippen LogP contribution < -0.4 is 24.8 Å². The van der Waals surface area contributed by atoms with E-state index in [2.05, 4.69) is 10.6 Å². The topological polar surface area (TPSA) is 89.1 Å². The van der Waals surface area contributed by atoms with Crippen molar-refractivity contribution in [2.24, 2.45) is 0 Å². The maximum absolute atomic E-state index is 13.0. The van der Waals surface area contributed by atoms with Crippen molar-refractivity contribution in [2.75, 3.05) is 38.0 Å². The molecule has 1 heterocycles. The Morgan fingerprint density at radius 1 is 1.03 bits per heavy atom. The van der Waals surface area contributed by atoms with Crippen molar-refractivity contribution in [1.29, 1.82) is 0 Å². The number of carbonyl (C=O) groups is 2. The van der Waals surface area contributed by atoms with Gasteiger partial charge in [0.05, 0.1) is 20.8 Å². The van der Waals surface area contributed by atoms with Crippen LogP contribution in [0.1, 0.15) is 19.8 Å². The van der Waals surface area contributed by atoms with Gasteiger partial charge in [-0.25, -0.2) is 4.79 Å². The average Bonchev–Trinajstić information content (AvgIpc) is 3.26. The molecule has 2 N–H and O–H groups in total. The number of nitrogens with zero attached hydrogens (tertiary/aromatic N) is 1. The summed E-state index contributed by atoms with van der Waals surface area (Å²) >= 11 is 0. The molecule has 2 aromatic rings. The third-order valence-corrected chi connectivity index (χ3v) is 4.91. The Kier molecular flexibility index (Phi) is 7.00. The highest BCUT2D eigenvalue weighted by molar-refractivity contribution is 6.01. The van der Waals surface area contributed by atoms with Crippen LogP contribution in [0.5, 0.6) is 17.2 Å². The van der Waals surface area contributed by atoms with E-state index in [4.69, 9.17) is 14.2 Å². The fourth-order valence-electron chi connectivity index (χ4n) is 3.46. The summed E-state index contributed by atoms with van der Waals surface area (Å²) in [4.78, 5) is 27.3. The number of carbonyl (C=O) groups excluding carboxylic acids is 2. The van der Waals surface area contributed by atoms with Crippen LogP contribution in [-0.2, 0) is 4.79 Å². The normalized spacial score (nSPS) is 15.4. The highest BCUT2D eigenvalue weighted by Gasteiger charge is 2.35. The van der Waals surface area contributed by atoms with Gasteiger partial charge >= 0.3 is 6.03 Å². The summed E-state index contributed by atoms with van der Waals surface area (Å²) in [5.41, 5.74) is 1.09. The summed E-state index contributed by atoms with van der Waals surface area (Å²) in [6.45, 7) is 2.99. The van der Waals surface area contributed by atoms with Crippen molar-refractivity contribution in [3.05, 3.63) is 42.5 Å². The molecule has 0 saturated carbocycles. The van der Waals surface area contributed by atoms with Gasteiger partial charge in [0, 0.05) is 12.2 Å². The van der Waals surface area contributed by atoms with E-state index in [0.29, 0.717) is 42.4 Å². The fourth-order valence-corrected chi connectivity index (χ4v) is 3.46. The molecule has 0 radical (unpaired) electrons. The number of hydrogen-bond donors (Lipinski definition) is 2. The van der Waals surface area contributed by atoms with Gasteiger partial charge in [-0.2, -0.15) is 0 Å². The number of likely N-dealkylation sites (tertiary alicyclic amines) is 1. The monoisotopic (exact) mass is 413 g/mol. The number of nitrogens with one attached hydrogen (secondary N) is 2. The molecule has 2 aromatic carbocycles. The molecule has 30 heavy (non-hydrogen) atoms. The summed E-state index contributed by atoms with van der Waals surface area (Å²) in [5.74, 6) is 1.44. The fraction of sp³-hybridized carbons (Fsp3) is 0.364. The standard InChI is InChI=1S/C22H27N3O5/c1-4-30-16-12-10-15(11-13-16)23-22(27)25-14-6-7-17(25)21(26)24-20-18(28-2)8-5-9-19(20)29-3/h5,8-13,17H,4,6-7,14H2,1-3H3,(H,23,27)(H,24,26). The minimum absolute atomic E-state index is 0.280. The number of benzene rings is 2. The molecule has 3 rings (SSSR count). The van der Waals surface area contributed by atoms with Crippen LogP contribution in [0.2, 0.25) is 0 Å². The molecule has 1 fully saturated rings. The van der Waals surface area contributed by atoms with E-state index in [1.165, 1.54) is 14.2 Å². The van der Waals surface area contributed by atoms with Crippen molar-refractivity contribution in [3.8, 4) is 17.2 Å². The quantitative estimate of drug-likeness (QED) is 0.722. The van der Waals surface area contributed by atoms with E-state index in [1.54, 1.807) is 47.4 Å². The first kappa shape index (κ1) is 21.3. The van der Waals surface area contributed by atoms with Crippen LogP contribution in [0.25, 0.3) is 0 Å². The van der Waals surface area contributed by atoms with Crippen molar-refractivity contribution in [2.45, 2.75) is 25.8 Å². The second kappa shape index (κ2) is 9.87. The molecule has 1 unspecified atom stereocenters. The number of hydrogen-bond acceptors (Lipinski definition) is 5. The van der Waals surface area contributed by atoms with Gasteiger partial charge < -0.3 is 29.7 Å². The van der Waals surface area contributed by atoms with Gasteiger partial charge in [-0.15, -0.1) is 0 Å². The van der Waals surface area contributed by atoms with Gasteiger partial charge in [-0.1, -0.05) is 6.07 Å². The smallest absolute Gasteiger partial charge is 0.322 e. The molecule has 0 spiro atoms. The molecule has 3 amide bonds. The van der Waals surface area contributed by atoms with E-state index in [9.17, 15) is 9.59 Å². The zero-order chi connectivity index (χ0) is 21.5.